The second kappa shape index (κ2) is 6.84. The molecule has 7 heteroatoms. The van der Waals surface area contributed by atoms with Crippen LogP contribution >= 0.6 is 0 Å². The number of carbonyl (C=O) groups excluding carboxylic acids is 1. The molecule has 7 nitrogen and oxygen atoms in total. The van der Waals surface area contributed by atoms with E-state index in [9.17, 15) is 14.7 Å². The van der Waals surface area contributed by atoms with E-state index in [1.807, 2.05) is 6.07 Å². The monoisotopic (exact) mass is 329 g/mol. The molecular formula is C17H19N3O4. The molecule has 0 aliphatic heterocycles. The van der Waals surface area contributed by atoms with Crippen LogP contribution < -0.4 is 15.6 Å². The third kappa shape index (κ3) is 3.46. The fourth-order valence-corrected chi connectivity index (χ4v) is 2.87. The van der Waals surface area contributed by atoms with Gasteiger partial charge in [-0.25, -0.2) is 0 Å². The summed E-state index contributed by atoms with van der Waals surface area (Å²) in [6, 6.07) is 4.33. The lowest BCUT2D eigenvalue weighted by atomic mass is 9.75. The summed E-state index contributed by atoms with van der Waals surface area (Å²) in [5.41, 5.74) is 0.932. The third-order valence-electron chi connectivity index (χ3n) is 4.28. The summed E-state index contributed by atoms with van der Waals surface area (Å²) in [5.74, 6) is 0.441. The van der Waals surface area contributed by atoms with Crippen molar-refractivity contribution in [2.24, 2.45) is 5.92 Å². The standard InChI is InChI=1S/C17H19N3O4/c1-24-14-6-12(7-18-9-14)16(11-4-13(21)5-11)20-17(23)10-2-3-15(22)19-8-10/h2-3,6-9,11,13,16,21H,4-5H2,1H3,(H,19,22)(H,20,23)/t11?,13?,16-/m1/s1. The van der Waals surface area contributed by atoms with E-state index in [2.05, 4.69) is 15.3 Å². The van der Waals surface area contributed by atoms with Crippen LogP contribution in [0.5, 0.6) is 5.75 Å². The second-order valence-corrected chi connectivity index (χ2v) is 5.94. The number of aromatic amines is 1. The Bertz CT molecular complexity index is 763. The number of amides is 1. The average Bonchev–Trinajstić information content (AvgIpc) is 2.57. The number of nitrogens with one attached hydrogen (secondary N) is 2. The van der Waals surface area contributed by atoms with Crippen LogP contribution in [-0.4, -0.2) is 34.2 Å². The second-order valence-electron chi connectivity index (χ2n) is 5.94. The molecule has 1 aliphatic carbocycles. The summed E-state index contributed by atoms with van der Waals surface area (Å²) in [5, 5.41) is 12.6. The van der Waals surface area contributed by atoms with E-state index < -0.39 is 0 Å². The number of aliphatic hydroxyl groups is 1. The van der Waals surface area contributed by atoms with Crippen molar-refractivity contribution in [2.45, 2.75) is 25.0 Å². The van der Waals surface area contributed by atoms with Gasteiger partial charge < -0.3 is 20.1 Å². The molecule has 1 atom stereocenters. The molecule has 2 aromatic heterocycles. The quantitative estimate of drug-likeness (QED) is 0.760. The molecule has 0 unspecified atom stereocenters. The molecule has 3 N–H and O–H groups in total. The summed E-state index contributed by atoms with van der Waals surface area (Å²) < 4.78 is 5.20. The molecule has 2 heterocycles. The predicted octanol–water partition coefficient (Wildman–Crippen LogP) is 1.02. The Kier molecular flexibility index (Phi) is 4.61. The number of aliphatic hydroxyl groups excluding tert-OH is 1. The van der Waals surface area contributed by atoms with Gasteiger partial charge in [0.1, 0.15) is 5.75 Å². The van der Waals surface area contributed by atoms with Gasteiger partial charge in [0.15, 0.2) is 0 Å². The number of methoxy groups -OCH3 is 1. The van der Waals surface area contributed by atoms with Crippen LogP contribution in [0.3, 0.4) is 0 Å². The minimum atomic E-state index is -0.332. The first kappa shape index (κ1) is 16.2. The number of nitrogens with zero attached hydrogens (tertiary/aromatic N) is 1. The van der Waals surface area contributed by atoms with Crippen LogP contribution in [0.1, 0.15) is 34.8 Å². The summed E-state index contributed by atoms with van der Waals surface area (Å²) in [6.07, 6.45) is 5.57. The maximum Gasteiger partial charge on any atom is 0.253 e. The van der Waals surface area contributed by atoms with E-state index in [4.69, 9.17) is 4.74 Å². The molecule has 3 rings (SSSR count). The van der Waals surface area contributed by atoms with Crippen LogP contribution in [0.4, 0.5) is 0 Å². The van der Waals surface area contributed by atoms with Crippen LogP contribution in [0.25, 0.3) is 0 Å². The molecule has 1 aliphatic rings. The van der Waals surface area contributed by atoms with Gasteiger partial charge in [-0.2, -0.15) is 0 Å². The van der Waals surface area contributed by atoms with E-state index in [0.29, 0.717) is 24.2 Å². The predicted molar refractivity (Wildman–Crippen MR) is 86.8 cm³/mol. The first-order valence-corrected chi connectivity index (χ1v) is 7.73. The van der Waals surface area contributed by atoms with Crippen LogP contribution in [-0.2, 0) is 0 Å². The maximum atomic E-state index is 12.5. The van der Waals surface area contributed by atoms with Crippen molar-refractivity contribution in [2.75, 3.05) is 7.11 Å². The third-order valence-corrected chi connectivity index (χ3v) is 4.28. The molecule has 1 amide bonds. The molecule has 126 valence electrons. The highest BCUT2D eigenvalue weighted by molar-refractivity contribution is 5.94. The minimum absolute atomic E-state index is 0.126. The number of hydrogen-bond donors (Lipinski definition) is 3. The number of ether oxygens (including phenoxy) is 1. The maximum absolute atomic E-state index is 12.5. The van der Waals surface area contributed by atoms with E-state index in [1.54, 1.807) is 19.5 Å². The normalized spacial score (nSPS) is 20.8. The topological polar surface area (TPSA) is 104 Å². The summed E-state index contributed by atoms with van der Waals surface area (Å²) in [4.78, 5) is 30.2. The first-order valence-electron chi connectivity index (χ1n) is 7.73. The van der Waals surface area contributed by atoms with Gasteiger partial charge in [-0.15, -0.1) is 0 Å². The van der Waals surface area contributed by atoms with Gasteiger partial charge in [0.25, 0.3) is 5.91 Å². The number of rotatable bonds is 5. The zero-order valence-corrected chi connectivity index (χ0v) is 13.2. The van der Waals surface area contributed by atoms with Crippen LogP contribution in [0.2, 0.25) is 0 Å². The van der Waals surface area contributed by atoms with Gasteiger partial charge >= 0.3 is 0 Å². The number of H-pyrrole nitrogens is 1. The Morgan fingerprint density at radius 3 is 2.83 bits per heavy atom. The molecule has 0 radical (unpaired) electrons. The molecule has 0 bridgehead atoms. The Labute approximate surface area is 138 Å². The number of carbonyl (C=O) groups is 1. The van der Waals surface area contributed by atoms with Crippen molar-refractivity contribution >= 4 is 5.91 Å². The van der Waals surface area contributed by atoms with Crippen molar-refractivity contribution in [1.29, 1.82) is 0 Å². The summed E-state index contributed by atoms with van der Waals surface area (Å²) in [7, 11) is 1.56. The fraction of sp³-hybridized carbons (Fsp3) is 0.353. The van der Waals surface area contributed by atoms with E-state index in [-0.39, 0.29) is 29.5 Å². The van der Waals surface area contributed by atoms with Gasteiger partial charge in [0.2, 0.25) is 5.56 Å². The fourth-order valence-electron chi connectivity index (χ4n) is 2.87. The van der Waals surface area contributed by atoms with E-state index in [0.717, 1.165) is 5.56 Å². The van der Waals surface area contributed by atoms with Crippen LogP contribution in [0, 0.1) is 5.92 Å². The molecule has 1 saturated carbocycles. The molecule has 2 aromatic rings. The van der Waals surface area contributed by atoms with Crippen molar-refractivity contribution in [1.82, 2.24) is 15.3 Å². The van der Waals surface area contributed by atoms with Gasteiger partial charge in [0, 0.05) is 18.5 Å². The van der Waals surface area contributed by atoms with Crippen molar-refractivity contribution < 1.29 is 14.6 Å². The highest BCUT2D eigenvalue weighted by Gasteiger charge is 2.36. The first-order chi connectivity index (χ1) is 11.6. The van der Waals surface area contributed by atoms with E-state index >= 15 is 0 Å². The average molecular weight is 329 g/mol. The van der Waals surface area contributed by atoms with Gasteiger partial charge in [-0.05, 0) is 36.5 Å². The molecule has 0 saturated heterocycles. The Morgan fingerprint density at radius 1 is 1.42 bits per heavy atom. The largest absolute Gasteiger partial charge is 0.495 e. The van der Waals surface area contributed by atoms with Crippen molar-refractivity contribution in [3.8, 4) is 5.75 Å². The lowest BCUT2D eigenvalue weighted by molar-refractivity contribution is 0.0234. The molecule has 0 aromatic carbocycles. The Morgan fingerprint density at radius 2 is 2.21 bits per heavy atom. The molecule has 1 fully saturated rings. The van der Waals surface area contributed by atoms with Gasteiger partial charge in [-0.3, -0.25) is 14.6 Å². The highest BCUT2D eigenvalue weighted by atomic mass is 16.5. The zero-order chi connectivity index (χ0) is 17.1. The number of hydrogen-bond acceptors (Lipinski definition) is 5. The van der Waals surface area contributed by atoms with Crippen molar-refractivity contribution in [3.05, 3.63) is 58.3 Å². The summed E-state index contributed by atoms with van der Waals surface area (Å²) in [6.45, 7) is 0. The van der Waals surface area contributed by atoms with Gasteiger partial charge in [-0.1, -0.05) is 0 Å². The Hall–Kier alpha value is -2.67. The molecular weight excluding hydrogens is 310 g/mol. The molecule has 24 heavy (non-hydrogen) atoms. The smallest absolute Gasteiger partial charge is 0.253 e. The zero-order valence-electron chi connectivity index (χ0n) is 13.2. The minimum Gasteiger partial charge on any atom is -0.495 e. The lowest BCUT2D eigenvalue weighted by Crippen LogP contribution is -2.41. The SMILES string of the molecule is COc1cncc([C@H](NC(=O)c2ccc(=O)[nH]c2)C2CC(O)C2)c1. The van der Waals surface area contributed by atoms with Crippen molar-refractivity contribution in [3.63, 3.8) is 0 Å². The van der Waals surface area contributed by atoms with Gasteiger partial charge in [0.05, 0.1) is 31.0 Å². The number of pyridine rings is 2. The van der Waals surface area contributed by atoms with E-state index in [1.165, 1.54) is 18.3 Å². The number of aromatic nitrogens is 2. The van der Waals surface area contributed by atoms with Crippen LogP contribution in [0.15, 0.2) is 41.6 Å². The Balaban J connectivity index is 1.83. The lowest BCUT2D eigenvalue weighted by Gasteiger charge is -2.38. The highest BCUT2D eigenvalue weighted by Crippen LogP contribution is 2.38. The summed E-state index contributed by atoms with van der Waals surface area (Å²) >= 11 is 0. The molecule has 0 spiro atoms.